The van der Waals surface area contributed by atoms with Gasteiger partial charge in [-0.25, -0.2) is 0 Å². The average Bonchev–Trinajstić information content (AvgIpc) is 2.48. The summed E-state index contributed by atoms with van der Waals surface area (Å²) in [6.07, 6.45) is 1.65. The van der Waals surface area contributed by atoms with E-state index in [0.717, 1.165) is 0 Å². The van der Waals surface area contributed by atoms with Gasteiger partial charge >= 0.3 is 8.03 Å². The molecule has 1 atom stereocenters. The number of benzene rings is 2. The predicted octanol–water partition coefficient (Wildman–Crippen LogP) is 2.55. The molecule has 2 rings (SSSR count). The molecule has 1 unspecified atom stereocenters. The molecule has 20 heavy (non-hydrogen) atoms. The van der Waals surface area contributed by atoms with Crippen LogP contribution in [0.2, 0.25) is 0 Å². The quantitative estimate of drug-likeness (QED) is 0.599. The Morgan fingerprint density at radius 1 is 1.10 bits per heavy atom. The molecule has 0 fully saturated rings. The van der Waals surface area contributed by atoms with Crippen LogP contribution in [0.3, 0.4) is 0 Å². The largest absolute Gasteiger partial charge is 0.546 e. The van der Waals surface area contributed by atoms with E-state index >= 15 is 0 Å². The van der Waals surface area contributed by atoms with Gasteiger partial charge in [0.1, 0.15) is 5.75 Å². The number of phenolic OH excluding ortho intramolecular Hbond substituents is 1. The third-order valence-electron chi connectivity index (χ3n) is 2.47. The molecule has 0 aliphatic heterocycles. The van der Waals surface area contributed by atoms with E-state index in [0.29, 0.717) is 23.0 Å². The molecule has 4 N–H and O–H groups in total. The van der Waals surface area contributed by atoms with Crippen LogP contribution in [0, 0.1) is 0 Å². The Balaban J connectivity index is 0.000000444. The lowest BCUT2D eigenvalue weighted by molar-refractivity contribution is 0.477. The minimum absolute atomic E-state index is 0.104. The number of nitrogens with two attached hydrogens (primary N) is 1. The molecule has 0 radical (unpaired) electrons. The minimum atomic E-state index is -2.41. The highest BCUT2D eigenvalue weighted by atomic mass is 31.1. The van der Waals surface area contributed by atoms with Gasteiger partial charge < -0.3 is 10.8 Å². The third kappa shape index (κ3) is 4.28. The van der Waals surface area contributed by atoms with Gasteiger partial charge in [0.2, 0.25) is 5.30 Å². The van der Waals surface area contributed by atoms with Crippen LogP contribution in [-0.4, -0.2) is 16.5 Å². The van der Waals surface area contributed by atoms with Crippen molar-refractivity contribution < 1.29 is 14.6 Å². The van der Waals surface area contributed by atoms with Crippen LogP contribution in [0.15, 0.2) is 61.2 Å². The summed E-state index contributed by atoms with van der Waals surface area (Å²) in [6, 6.07) is 13.5. The summed E-state index contributed by atoms with van der Waals surface area (Å²) < 4.78 is 11.2. The van der Waals surface area contributed by atoms with Gasteiger partial charge in [0.05, 0.1) is 0 Å². The highest BCUT2D eigenvalue weighted by Crippen LogP contribution is 2.31. The fourth-order valence-electron chi connectivity index (χ4n) is 1.57. The molecule has 2 aromatic carbocycles. The van der Waals surface area contributed by atoms with Crippen LogP contribution in [0.4, 0.5) is 0 Å². The zero-order chi connectivity index (χ0) is 15.0. The van der Waals surface area contributed by atoms with Gasteiger partial charge in [-0.05, 0) is 22.8 Å². The molecule has 0 saturated carbocycles. The zero-order valence-corrected chi connectivity index (χ0v) is 11.8. The molecule has 104 valence electrons. The normalized spacial score (nSPS) is 10.2. The van der Waals surface area contributed by atoms with Crippen molar-refractivity contribution in [3.05, 3.63) is 61.2 Å². The molecule has 2 aromatic rings. The molecule has 0 aliphatic carbocycles. The first-order valence-electron chi connectivity index (χ1n) is 5.96. The molecule has 0 bridgehead atoms. The van der Waals surface area contributed by atoms with Crippen LogP contribution in [-0.2, 0) is 4.57 Å². The lowest BCUT2D eigenvalue weighted by Gasteiger charge is -2.03. The first kappa shape index (κ1) is 16.1. The monoisotopic (exact) mass is 290 g/mol. The molecular formula is C15H17NO3P+. The maximum Gasteiger partial charge on any atom is 0.546 e. The van der Waals surface area contributed by atoms with Crippen molar-refractivity contribution in [1.29, 1.82) is 0 Å². The van der Waals surface area contributed by atoms with E-state index in [-0.39, 0.29) is 5.75 Å². The average molecular weight is 290 g/mol. The van der Waals surface area contributed by atoms with E-state index in [9.17, 15) is 14.6 Å². The number of rotatable bonds is 3. The molecule has 0 aromatic heterocycles. The number of aromatic hydroxyl groups is 1. The summed E-state index contributed by atoms with van der Waals surface area (Å²) in [4.78, 5) is 9.18. The van der Waals surface area contributed by atoms with E-state index in [4.69, 9.17) is 5.73 Å². The van der Waals surface area contributed by atoms with Gasteiger partial charge in [0, 0.05) is 17.7 Å². The number of hydrogen-bond acceptors (Lipinski definition) is 3. The van der Waals surface area contributed by atoms with Crippen LogP contribution in [0.25, 0.3) is 11.1 Å². The zero-order valence-electron chi connectivity index (χ0n) is 10.9. The van der Waals surface area contributed by atoms with E-state index in [1.54, 1.807) is 54.6 Å². The molecule has 0 heterocycles. The van der Waals surface area contributed by atoms with Gasteiger partial charge in [-0.1, -0.05) is 36.4 Å². The molecule has 0 amide bonds. The van der Waals surface area contributed by atoms with Crippen LogP contribution >= 0.6 is 8.03 Å². The van der Waals surface area contributed by atoms with Crippen LogP contribution in [0.5, 0.6) is 5.75 Å². The van der Waals surface area contributed by atoms with Gasteiger partial charge in [-0.15, -0.1) is 6.58 Å². The minimum Gasteiger partial charge on any atom is -0.507 e. The Morgan fingerprint density at radius 2 is 1.60 bits per heavy atom. The summed E-state index contributed by atoms with van der Waals surface area (Å²) >= 11 is 0. The van der Waals surface area contributed by atoms with Crippen molar-refractivity contribution in [3.63, 3.8) is 0 Å². The van der Waals surface area contributed by atoms with Crippen molar-refractivity contribution in [2.24, 2.45) is 5.73 Å². The molecule has 0 aliphatic rings. The Labute approximate surface area is 119 Å². The second-order valence-corrected chi connectivity index (χ2v) is 4.86. The number of hydrogen-bond donors (Lipinski definition) is 3. The predicted molar refractivity (Wildman–Crippen MR) is 82.3 cm³/mol. The summed E-state index contributed by atoms with van der Waals surface area (Å²) in [6.45, 7) is 3.94. The second kappa shape index (κ2) is 8.23. The van der Waals surface area contributed by atoms with Gasteiger partial charge in [-0.2, -0.15) is 4.89 Å². The summed E-state index contributed by atoms with van der Waals surface area (Å²) in [5.74, 6) is 0.104. The summed E-state index contributed by atoms with van der Waals surface area (Å²) in [5.41, 5.74) is 6.06. The fourth-order valence-corrected chi connectivity index (χ4v) is 2.18. The SMILES string of the molecule is C=CCN.O=[P+](O)c1ccccc1-c1ccccc1O. The van der Waals surface area contributed by atoms with Gasteiger partial charge in [0.25, 0.3) is 0 Å². The van der Waals surface area contributed by atoms with Crippen molar-refractivity contribution in [2.75, 3.05) is 6.54 Å². The lowest BCUT2D eigenvalue weighted by atomic mass is 10.0. The summed E-state index contributed by atoms with van der Waals surface area (Å²) in [7, 11) is -2.41. The van der Waals surface area contributed by atoms with Gasteiger partial charge in [-0.3, -0.25) is 0 Å². The van der Waals surface area contributed by atoms with E-state index < -0.39 is 8.03 Å². The maximum absolute atomic E-state index is 11.2. The van der Waals surface area contributed by atoms with Crippen LogP contribution < -0.4 is 11.0 Å². The van der Waals surface area contributed by atoms with E-state index in [1.165, 1.54) is 0 Å². The summed E-state index contributed by atoms with van der Waals surface area (Å²) in [5, 5.41) is 10.0. The highest BCUT2D eigenvalue weighted by Gasteiger charge is 2.22. The van der Waals surface area contributed by atoms with Crippen LogP contribution in [0.1, 0.15) is 0 Å². The Morgan fingerprint density at radius 3 is 2.10 bits per heavy atom. The Hall–Kier alpha value is -2.00. The number of phenols is 1. The second-order valence-electron chi connectivity index (χ2n) is 3.83. The molecule has 5 heteroatoms. The van der Waals surface area contributed by atoms with E-state index in [1.807, 2.05) is 0 Å². The van der Waals surface area contributed by atoms with Crippen molar-refractivity contribution in [3.8, 4) is 16.9 Å². The first-order chi connectivity index (χ1) is 9.61. The van der Waals surface area contributed by atoms with Crippen molar-refractivity contribution in [1.82, 2.24) is 0 Å². The Kier molecular flexibility index (Phi) is 6.60. The highest BCUT2D eigenvalue weighted by molar-refractivity contribution is 7.47. The Bertz CT molecular complexity index is 599. The third-order valence-corrected chi connectivity index (χ3v) is 3.27. The van der Waals surface area contributed by atoms with Gasteiger partial charge in [0.15, 0.2) is 0 Å². The fraction of sp³-hybridized carbons (Fsp3) is 0.0667. The molecular weight excluding hydrogens is 273 g/mol. The lowest BCUT2D eigenvalue weighted by Crippen LogP contribution is -2.00. The maximum atomic E-state index is 11.2. The molecule has 0 saturated heterocycles. The first-order valence-corrected chi connectivity index (χ1v) is 7.17. The van der Waals surface area contributed by atoms with E-state index in [2.05, 4.69) is 6.58 Å². The smallest absolute Gasteiger partial charge is 0.507 e. The number of para-hydroxylation sites is 1. The van der Waals surface area contributed by atoms with Crippen molar-refractivity contribution >= 4 is 13.3 Å². The molecule has 0 spiro atoms. The van der Waals surface area contributed by atoms with Crippen molar-refractivity contribution in [2.45, 2.75) is 0 Å². The molecule has 4 nitrogen and oxygen atoms in total. The standard InChI is InChI=1S/C12H9O3P.C3H7N/c13-11-7-3-1-5-9(11)10-6-2-4-8-12(10)16(14)15;1-2-3-4/h1-8H,(H-,13,14,15);2H,1,3-4H2/p+1. The topological polar surface area (TPSA) is 83.6 Å².